The lowest BCUT2D eigenvalue weighted by atomic mass is 9.88. The number of ether oxygens (including phenoxy) is 2. The van der Waals surface area contributed by atoms with Gasteiger partial charge in [-0.25, -0.2) is 0 Å². The molecule has 1 unspecified atom stereocenters. The highest BCUT2D eigenvalue weighted by molar-refractivity contribution is 5.97. The van der Waals surface area contributed by atoms with Crippen molar-refractivity contribution in [3.8, 4) is 5.75 Å². The summed E-state index contributed by atoms with van der Waals surface area (Å²) in [5, 5.41) is 15.9. The highest BCUT2D eigenvalue weighted by Gasteiger charge is 2.40. The average Bonchev–Trinajstić information content (AvgIpc) is 3.68. The number of rotatable bonds is 13. The van der Waals surface area contributed by atoms with Crippen LogP contribution >= 0.6 is 0 Å². The number of benzene rings is 1. The predicted molar refractivity (Wildman–Crippen MR) is 137 cm³/mol. The number of nitrogens with zero attached hydrogens (tertiary/aromatic N) is 1. The monoisotopic (exact) mass is 489 g/mol. The van der Waals surface area contributed by atoms with Crippen LogP contribution in [0.15, 0.2) is 18.2 Å². The summed E-state index contributed by atoms with van der Waals surface area (Å²) in [6.45, 7) is 8.38. The molecule has 1 aromatic carbocycles. The molecule has 1 aliphatic carbocycles. The van der Waals surface area contributed by atoms with Crippen LogP contribution in [0.1, 0.15) is 51.5 Å². The van der Waals surface area contributed by atoms with Gasteiger partial charge in [0.15, 0.2) is 0 Å². The molecule has 8 heteroatoms. The first-order valence-corrected chi connectivity index (χ1v) is 13.0. The number of carbonyl (C=O) groups excluding carboxylic acids is 2. The topological polar surface area (TPSA) is 100 Å². The van der Waals surface area contributed by atoms with E-state index in [0.717, 1.165) is 42.7 Å². The lowest BCUT2D eigenvalue weighted by molar-refractivity contribution is -0.129. The Bertz CT molecular complexity index is 842. The van der Waals surface area contributed by atoms with Gasteiger partial charge in [-0.3, -0.25) is 9.59 Å². The molecule has 0 spiro atoms. The molecule has 3 rings (SSSR count). The molecule has 0 bridgehead atoms. The maximum atomic E-state index is 13.7. The number of hydrogen-bond acceptors (Lipinski definition) is 6. The van der Waals surface area contributed by atoms with Crippen LogP contribution in [0, 0.1) is 24.7 Å². The van der Waals surface area contributed by atoms with Gasteiger partial charge < -0.3 is 30.1 Å². The highest BCUT2D eigenvalue weighted by atomic mass is 16.5. The van der Waals surface area contributed by atoms with Gasteiger partial charge in [0.2, 0.25) is 11.8 Å². The number of amides is 2. The van der Waals surface area contributed by atoms with E-state index in [1.165, 1.54) is 0 Å². The molecule has 196 valence electrons. The summed E-state index contributed by atoms with van der Waals surface area (Å²) in [5.41, 5.74) is 1.89. The zero-order valence-corrected chi connectivity index (χ0v) is 21.7. The Morgan fingerprint density at radius 1 is 1.20 bits per heavy atom. The van der Waals surface area contributed by atoms with Crippen LogP contribution in [0.2, 0.25) is 0 Å². The van der Waals surface area contributed by atoms with Crippen LogP contribution in [0.25, 0.3) is 0 Å². The van der Waals surface area contributed by atoms with Gasteiger partial charge in [-0.1, -0.05) is 19.9 Å². The molecule has 1 aromatic rings. The van der Waals surface area contributed by atoms with Gasteiger partial charge in [-0.15, -0.1) is 0 Å². The van der Waals surface area contributed by atoms with Gasteiger partial charge in [-0.05, 0) is 50.2 Å². The molecule has 0 aromatic heterocycles. The molecular formula is C27H43N3O5. The smallest absolute Gasteiger partial charge is 0.231 e. The van der Waals surface area contributed by atoms with E-state index in [9.17, 15) is 14.7 Å². The van der Waals surface area contributed by atoms with Gasteiger partial charge in [-0.2, -0.15) is 0 Å². The lowest BCUT2D eigenvalue weighted by Gasteiger charge is -2.34. The second-order valence-corrected chi connectivity index (χ2v) is 10.4. The van der Waals surface area contributed by atoms with Crippen molar-refractivity contribution in [3.05, 3.63) is 23.8 Å². The Balaban J connectivity index is 1.67. The fraction of sp³-hybridized carbons (Fsp3) is 0.704. The molecule has 8 nitrogen and oxygen atoms in total. The standard InChI is InChI=1S/C27H43N3O5/c1-18(2)12-22(17-31)29-26(32)20-13-21(16-28-15-20)27(33)30(23-8-9-23)24-7-6-19(3)25(14-24)35-11-5-10-34-4/h6-7,14,18,20-23,28,31H,5,8-13,15-17H2,1-4H3,(H,29,32)/t20-,21+,22?/m0/s1. The van der Waals surface area contributed by atoms with Crippen molar-refractivity contribution in [3.63, 3.8) is 0 Å². The molecule has 1 heterocycles. The van der Waals surface area contributed by atoms with Crippen molar-refractivity contribution >= 4 is 17.5 Å². The van der Waals surface area contributed by atoms with Gasteiger partial charge >= 0.3 is 0 Å². The van der Waals surface area contributed by atoms with Gasteiger partial charge in [0, 0.05) is 51.0 Å². The van der Waals surface area contributed by atoms with Crippen LogP contribution in [-0.4, -0.2) is 69.0 Å². The van der Waals surface area contributed by atoms with E-state index in [0.29, 0.717) is 38.6 Å². The van der Waals surface area contributed by atoms with Crippen LogP contribution in [0.4, 0.5) is 5.69 Å². The van der Waals surface area contributed by atoms with Crippen molar-refractivity contribution in [1.29, 1.82) is 0 Å². The maximum Gasteiger partial charge on any atom is 0.231 e. The fourth-order valence-electron chi connectivity index (χ4n) is 4.72. The maximum absolute atomic E-state index is 13.7. The SMILES string of the molecule is COCCCOc1cc(N(C(=O)[C@H]2CNC[C@@H](C(=O)NC(CO)CC(C)C)C2)C2CC2)ccc1C. The number of aryl methyl sites for hydroxylation is 1. The minimum absolute atomic E-state index is 0.0626. The number of carbonyl (C=O) groups is 2. The van der Waals surface area contributed by atoms with E-state index in [1.807, 2.05) is 30.0 Å². The molecule has 3 atom stereocenters. The number of hydrogen-bond donors (Lipinski definition) is 3. The zero-order valence-electron chi connectivity index (χ0n) is 21.7. The quantitative estimate of drug-likeness (QED) is 0.369. The average molecular weight is 490 g/mol. The summed E-state index contributed by atoms with van der Waals surface area (Å²) in [5.74, 6) is 0.572. The predicted octanol–water partition coefficient (Wildman–Crippen LogP) is 2.65. The summed E-state index contributed by atoms with van der Waals surface area (Å²) < 4.78 is 11.1. The second kappa shape index (κ2) is 13.2. The first kappa shape index (κ1) is 27.4. The third-order valence-electron chi connectivity index (χ3n) is 6.74. The summed E-state index contributed by atoms with van der Waals surface area (Å²) in [6, 6.07) is 5.91. The van der Waals surface area contributed by atoms with Crippen molar-refractivity contribution in [2.45, 2.75) is 65.0 Å². The van der Waals surface area contributed by atoms with E-state index in [-0.39, 0.29) is 42.3 Å². The normalized spacial score (nSPS) is 21.0. The summed E-state index contributed by atoms with van der Waals surface area (Å²) in [4.78, 5) is 28.6. The summed E-state index contributed by atoms with van der Waals surface area (Å²) in [6.07, 6.45) is 4.01. The largest absolute Gasteiger partial charge is 0.493 e. The molecule has 2 amide bonds. The number of methoxy groups -OCH3 is 1. The number of anilines is 1. The third-order valence-corrected chi connectivity index (χ3v) is 6.74. The van der Waals surface area contributed by atoms with Crippen LogP contribution < -0.4 is 20.3 Å². The molecule has 1 aliphatic heterocycles. The number of aliphatic hydroxyl groups is 1. The van der Waals surface area contributed by atoms with Crippen LogP contribution in [-0.2, 0) is 14.3 Å². The first-order chi connectivity index (χ1) is 16.8. The minimum atomic E-state index is -0.294. The fourth-order valence-corrected chi connectivity index (χ4v) is 4.72. The molecule has 1 saturated heterocycles. The summed E-state index contributed by atoms with van der Waals surface area (Å²) in [7, 11) is 1.68. The van der Waals surface area contributed by atoms with E-state index < -0.39 is 0 Å². The minimum Gasteiger partial charge on any atom is -0.493 e. The molecular weight excluding hydrogens is 446 g/mol. The van der Waals surface area contributed by atoms with E-state index in [4.69, 9.17) is 9.47 Å². The Morgan fingerprint density at radius 3 is 2.60 bits per heavy atom. The Morgan fingerprint density at radius 2 is 1.94 bits per heavy atom. The third kappa shape index (κ3) is 7.92. The first-order valence-electron chi connectivity index (χ1n) is 13.0. The Kier molecular flexibility index (Phi) is 10.4. The molecule has 3 N–H and O–H groups in total. The Hall–Kier alpha value is -2.16. The molecule has 2 aliphatic rings. The number of nitrogens with one attached hydrogen (secondary N) is 2. The van der Waals surface area contributed by atoms with Crippen LogP contribution in [0.5, 0.6) is 5.75 Å². The van der Waals surface area contributed by atoms with E-state index >= 15 is 0 Å². The highest BCUT2D eigenvalue weighted by Crippen LogP contribution is 2.36. The lowest BCUT2D eigenvalue weighted by Crippen LogP contribution is -2.51. The van der Waals surface area contributed by atoms with E-state index in [1.54, 1.807) is 7.11 Å². The zero-order chi connectivity index (χ0) is 25.4. The molecule has 0 radical (unpaired) electrons. The number of piperidine rings is 1. The second-order valence-electron chi connectivity index (χ2n) is 10.4. The van der Waals surface area contributed by atoms with Gasteiger partial charge in [0.05, 0.1) is 31.1 Å². The van der Waals surface area contributed by atoms with Gasteiger partial charge in [0.1, 0.15) is 5.75 Å². The van der Waals surface area contributed by atoms with Gasteiger partial charge in [0.25, 0.3) is 0 Å². The van der Waals surface area contributed by atoms with Crippen molar-refractivity contribution in [2.24, 2.45) is 17.8 Å². The molecule has 2 fully saturated rings. The molecule has 35 heavy (non-hydrogen) atoms. The van der Waals surface area contributed by atoms with Crippen LogP contribution in [0.3, 0.4) is 0 Å². The molecule has 1 saturated carbocycles. The summed E-state index contributed by atoms with van der Waals surface area (Å²) >= 11 is 0. The van der Waals surface area contributed by atoms with Crippen molar-refractivity contribution < 1.29 is 24.2 Å². The number of aliphatic hydroxyl groups excluding tert-OH is 1. The van der Waals surface area contributed by atoms with E-state index in [2.05, 4.69) is 24.5 Å². The van der Waals surface area contributed by atoms with Crippen molar-refractivity contribution in [2.75, 3.05) is 44.9 Å². The van der Waals surface area contributed by atoms with Crippen molar-refractivity contribution in [1.82, 2.24) is 10.6 Å². The Labute approximate surface area is 209 Å².